The van der Waals surface area contributed by atoms with Crippen molar-refractivity contribution in [3.63, 3.8) is 0 Å². The number of anilines is 1. The standard InChI is InChI=1S/C15H14BrF2N/c1-2-14(10-4-3-5-12(17)8-10)19-15-7-6-11(16)9-13(15)18/h3-9,14,19H,2H2,1H3. The van der Waals surface area contributed by atoms with E-state index in [0.717, 1.165) is 12.0 Å². The summed E-state index contributed by atoms with van der Waals surface area (Å²) in [7, 11) is 0. The smallest absolute Gasteiger partial charge is 0.147 e. The maximum atomic E-state index is 13.8. The van der Waals surface area contributed by atoms with E-state index in [1.165, 1.54) is 18.2 Å². The van der Waals surface area contributed by atoms with Gasteiger partial charge in [0, 0.05) is 4.47 Å². The summed E-state index contributed by atoms with van der Waals surface area (Å²) in [6.07, 6.45) is 0.735. The Balaban J connectivity index is 2.24. The van der Waals surface area contributed by atoms with Gasteiger partial charge in [-0.25, -0.2) is 8.78 Å². The van der Waals surface area contributed by atoms with Crippen LogP contribution in [-0.4, -0.2) is 0 Å². The molecule has 1 atom stereocenters. The van der Waals surface area contributed by atoms with Crippen LogP contribution in [0.5, 0.6) is 0 Å². The highest BCUT2D eigenvalue weighted by atomic mass is 79.9. The molecule has 19 heavy (non-hydrogen) atoms. The molecular formula is C15H14BrF2N. The molecule has 0 aromatic heterocycles. The predicted molar refractivity (Wildman–Crippen MR) is 77.2 cm³/mol. The molecule has 0 saturated heterocycles. The molecule has 0 fully saturated rings. The minimum Gasteiger partial charge on any atom is -0.376 e. The van der Waals surface area contributed by atoms with Gasteiger partial charge in [-0.1, -0.05) is 35.0 Å². The number of rotatable bonds is 4. The molecule has 4 heteroatoms. The van der Waals surface area contributed by atoms with Gasteiger partial charge >= 0.3 is 0 Å². The van der Waals surface area contributed by atoms with E-state index >= 15 is 0 Å². The van der Waals surface area contributed by atoms with E-state index in [-0.39, 0.29) is 17.7 Å². The monoisotopic (exact) mass is 325 g/mol. The highest BCUT2D eigenvalue weighted by Gasteiger charge is 2.12. The molecule has 0 saturated carbocycles. The van der Waals surface area contributed by atoms with Crippen LogP contribution in [-0.2, 0) is 0 Å². The van der Waals surface area contributed by atoms with Gasteiger partial charge in [0.25, 0.3) is 0 Å². The first-order valence-corrected chi connectivity index (χ1v) is 6.86. The lowest BCUT2D eigenvalue weighted by atomic mass is 10.0. The molecule has 0 aliphatic heterocycles. The molecule has 2 aromatic rings. The Kier molecular flexibility index (Phi) is 4.53. The van der Waals surface area contributed by atoms with E-state index < -0.39 is 0 Å². The summed E-state index contributed by atoms with van der Waals surface area (Å²) >= 11 is 3.22. The fourth-order valence-electron chi connectivity index (χ4n) is 1.94. The second-order valence-electron chi connectivity index (χ2n) is 4.28. The van der Waals surface area contributed by atoms with Crippen molar-refractivity contribution in [2.75, 3.05) is 5.32 Å². The van der Waals surface area contributed by atoms with Crippen molar-refractivity contribution in [1.82, 2.24) is 0 Å². The lowest BCUT2D eigenvalue weighted by Crippen LogP contribution is -2.11. The third-order valence-electron chi connectivity index (χ3n) is 2.92. The van der Waals surface area contributed by atoms with Gasteiger partial charge in [-0.3, -0.25) is 0 Å². The third kappa shape index (κ3) is 3.53. The van der Waals surface area contributed by atoms with Gasteiger partial charge in [-0.05, 0) is 42.3 Å². The van der Waals surface area contributed by atoms with Crippen molar-refractivity contribution in [3.8, 4) is 0 Å². The van der Waals surface area contributed by atoms with Crippen molar-refractivity contribution < 1.29 is 8.78 Å². The van der Waals surface area contributed by atoms with E-state index in [1.807, 2.05) is 13.0 Å². The lowest BCUT2D eigenvalue weighted by molar-refractivity contribution is 0.615. The van der Waals surface area contributed by atoms with E-state index in [9.17, 15) is 8.78 Å². The van der Waals surface area contributed by atoms with Gasteiger partial charge in [-0.15, -0.1) is 0 Å². The molecule has 100 valence electrons. The van der Waals surface area contributed by atoms with Gasteiger partial charge < -0.3 is 5.32 Å². The number of halogens is 3. The fraction of sp³-hybridized carbons (Fsp3) is 0.200. The van der Waals surface area contributed by atoms with Gasteiger partial charge in [0.15, 0.2) is 0 Å². The number of nitrogens with one attached hydrogen (secondary N) is 1. The number of benzene rings is 2. The van der Waals surface area contributed by atoms with Crippen molar-refractivity contribution >= 4 is 21.6 Å². The average molecular weight is 326 g/mol. The molecule has 1 N–H and O–H groups in total. The van der Waals surface area contributed by atoms with Crippen LogP contribution in [0.25, 0.3) is 0 Å². The molecular weight excluding hydrogens is 312 g/mol. The zero-order valence-electron chi connectivity index (χ0n) is 10.5. The van der Waals surface area contributed by atoms with Gasteiger partial charge in [0.2, 0.25) is 0 Å². The van der Waals surface area contributed by atoms with Crippen molar-refractivity contribution in [2.45, 2.75) is 19.4 Å². The molecule has 2 rings (SSSR count). The van der Waals surface area contributed by atoms with Gasteiger partial charge in [0.1, 0.15) is 11.6 Å². The van der Waals surface area contributed by atoms with E-state index in [4.69, 9.17) is 0 Å². The largest absolute Gasteiger partial charge is 0.376 e. The van der Waals surface area contributed by atoms with Crippen molar-refractivity contribution in [1.29, 1.82) is 0 Å². The molecule has 0 aliphatic rings. The van der Waals surface area contributed by atoms with E-state index in [0.29, 0.717) is 10.2 Å². The van der Waals surface area contributed by atoms with Crippen molar-refractivity contribution in [2.24, 2.45) is 0 Å². The Labute approximate surface area is 119 Å². The zero-order chi connectivity index (χ0) is 13.8. The van der Waals surface area contributed by atoms with Crippen LogP contribution in [0.15, 0.2) is 46.9 Å². The summed E-state index contributed by atoms with van der Waals surface area (Å²) in [4.78, 5) is 0. The molecule has 1 nitrogen and oxygen atoms in total. The number of hydrogen-bond donors (Lipinski definition) is 1. The summed E-state index contributed by atoms with van der Waals surface area (Å²) in [5.41, 5.74) is 1.23. The minimum absolute atomic E-state index is 0.119. The summed E-state index contributed by atoms with van der Waals surface area (Å²) in [5.74, 6) is -0.613. The summed E-state index contributed by atoms with van der Waals surface area (Å²) in [6.45, 7) is 1.97. The summed E-state index contributed by atoms with van der Waals surface area (Å²) in [6, 6.07) is 11.1. The Morgan fingerprint density at radius 2 is 1.95 bits per heavy atom. The molecule has 0 radical (unpaired) electrons. The molecule has 2 aromatic carbocycles. The maximum absolute atomic E-state index is 13.8. The Morgan fingerprint density at radius 3 is 2.58 bits per heavy atom. The fourth-order valence-corrected chi connectivity index (χ4v) is 2.27. The minimum atomic E-state index is -0.329. The summed E-state index contributed by atoms with van der Waals surface area (Å²) in [5, 5.41) is 3.11. The first-order valence-electron chi connectivity index (χ1n) is 6.07. The van der Waals surface area contributed by atoms with Crippen LogP contribution < -0.4 is 5.32 Å². The third-order valence-corrected chi connectivity index (χ3v) is 3.41. The van der Waals surface area contributed by atoms with E-state index in [2.05, 4.69) is 21.2 Å². The highest BCUT2D eigenvalue weighted by Crippen LogP contribution is 2.26. The van der Waals surface area contributed by atoms with Crippen LogP contribution >= 0.6 is 15.9 Å². The second-order valence-corrected chi connectivity index (χ2v) is 5.20. The van der Waals surface area contributed by atoms with Crippen molar-refractivity contribution in [3.05, 3.63) is 64.1 Å². The zero-order valence-corrected chi connectivity index (χ0v) is 12.0. The van der Waals surface area contributed by atoms with Crippen LogP contribution in [0.4, 0.5) is 14.5 Å². The molecule has 0 heterocycles. The average Bonchev–Trinajstić information content (AvgIpc) is 2.38. The molecule has 0 aliphatic carbocycles. The SMILES string of the molecule is CCC(Nc1ccc(Br)cc1F)c1cccc(F)c1. The predicted octanol–water partition coefficient (Wildman–Crippen LogP) is 5.29. The van der Waals surface area contributed by atoms with Crippen LogP contribution in [0.2, 0.25) is 0 Å². The molecule has 0 amide bonds. The molecule has 0 spiro atoms. The lowest BCUT2D eigenvalue weighted by Gasteiger charge is -2.19. The van der Waals surface area contributed by atoms with Gasteiger partial charge in [-0.2, -0.15) is 0 Å². The quantitative estimate of drug-likeness (QED) is 0.805. The number of hydrogen-bond acceptors (Lipinski definition) is 1. The second kappa shape index (κ2) is 6.15. The topological polar surface area (TPSA) is 12.0 Å². The highest BCUT2D eigenvalue weighted by molar-refractivity contribution is 9.10. The first kappa shape index (κ1) is 14.0. The van der Waals surface area contributed by atoms with Crippen LogP contribution in [0.1, 0.15) is 24.9 Å². The van der Waals surface area contributed by atoms with E-state index in [1.54, 1.807) is 18.2 Å². The van der Waals surface area contributed by atoms with Crippen LogP contribution in [0.3, 0.4) is 0 Å². The molecule has 0 bridgehead atoms. The Hall–Kier alpha value is -1.42. The van der Waals surface area contributed by atoms with Gasteiger partial charge in [0.05, 0.1) is 11.7 Å². The Bertz CT molecular complexity index is 572. The van der Waals surface area contributed by atoms with Crippen LogP contribution in [0, 0.1) is 11.6 Å². The maximum Gasteiger partial charge on any atom is 0.147 e. The summed E-state index contributed by atoms with van der Waals surface area (Å²) < 4.78 is 27.7. The first-order chi connectivity index (χ1) is 9.10. The normalized spacial score (nSPS) is 12.2. The molecule has 1 unspecified atom stereocenters. The Morgan fingerprint density at radius 1 is 1.16 bits per heavy atom.